The van der Waals surface area contributed by atoms with Gasteiger partial charge in [0.1, 0.15) is 11.4 Å². The van der Waals surface area contributed by atoms with Crippen LogP contribution in [0, 0.1) is 0 Å². The van der Waals surface area contributed by atoms with E-state index in [9.17, 15) is 0 Å². The van der Waals surface area contributed by atoms with Gasteiger partial charge in [-0.15, -0.1) is 10.2 Å². The Morgan fingerprint density at radius 2 is 0.804 bits per heavy atom. The summed E-state index contributed by atoms with van der Waals surface area (Å²) in [5, 5.41) is 9.37. The molecule has 0 radical (unpaired) electrons. The van der Waals surface area contributed by atoms with Crippen LogP contribution in [0.1, 0.15) is 22.3 Å². The molecule has 11 rings (SSSR count). The van der Waals surface area contributed by atoms with E-state index in [1.807, 2.05) is 60.3 Å². The first kappa shape index (κ1) is 32.5. The summed E-state index contributed by atoms with van der Waals surface area (Å²) in [6.45, 7) is 0. The Morgan fingerprint density at radius 1 is 0.321 bits per heavy atom. The highest BCUT2D eigenvalue weighted by atomic mass is 32.2. The van der Waals surface area contributed by atoms with E-state index in [1.54, 1.807) is 0 Å². The Labute approximate surface area is 330 Å². The molecule has 0 saturated carbocycles. The quantitative estimate of drug-likeness (QED) is 0.177. The molecule has 0 bridgehead atoms. The smallest absolute Gasteiger partial charge is 0.182 e. The minimum atomic E-state index is -0.418. The molecule has 1 spiro atoms. The van der Waals surface area contributed by atoms with Crippen molar-refractivity contribution >= 4 is 11.8 Å². The molecule has 3 nitrogen and oxygen atoms in total. The van der Waals surface area contributed by atoms with Crippen molar-refractivity contribution in [2.75, 3.05) is 0 Å². The SMILES string of the molecule is c1ccc(-c2nnc(-c3ccc(-c4ccccc4-c4ccc5c(c4)C4(c6ccccc6S5)c5ccccc5-c5ccccc54)cc3)c(-c3ccccc3)n2)cc1. The molecule has 262 valence electrons. The van der Waals surface area contributed by atoms with Gasteiger partial charge in [-0.1, -0.05) is 194 Å². The van der Waals surface area contributed by atoms with Crippen LogP contribution in [0.3, 0.4) is 0 Å². The molecular weight excluding hydrogens is 699 g/mol. The van der Waals surface area contributed by atoms with Gasteiger partial charge in [-0.25, -0.2) is 4.98 Å². The van der Waals surface area contributed by atoms with Crippen molar-refractivity contribution in [3.63, 3.8) is 0 Å². The van der Waals surface area contributed by atoms with E-state index in [1.165, 1.54) is 59.9 Å². The molecule has 56 heavy (non-hydrogen) atoms. The average Bonchev–Trinajstić information content (AvgIpc) is 3.57. The van der Waals surface area contributed by atoms with Crippen LogP contribution in [0.15, 0.2) is 210 Å². The maximum atomic E-state index is 5.06. The Balaban J connectivity index is 1.03. The van der Waals surface area contributed by atoms with E-state index in [0.717, 1.165) is 33.6 Å². The first-order chi connectivity index (χ1) is 27.8. The number of fused-ring (bicyclic) bond motifs is 9. The molecule has 1 aliphatic carbocycles. The summed E-state index contributed by atoms with van der Waals surface area (Å²) >= 11 is 1.88. The van der Waals surface area contributed by atoms with Gasteiger partial charge >= 0.3 is 0 Å². The lowest BCUT2D eigenvalue weighted by atomic mass is 9.67. The molecule has 2 heterocycles. The van der Waals surface area contributed by atoms with E-state index >= 15 is 0 Å². The Hall–Kier alpha value is -6.88. The summed E-state index contributed by atoms with van der Waals surface area (Å²) in [5.74, 6) is 0.608. The molecule has 0 unspecified atom stereocenters. The van der Waals surface area contributed by atoms with Crippen LogP contribution in [0.5, 0.6) is 0 Å². The zero-order chi connectivity index (χ0) is 37.1. The normalized spacial score (nSPS) is 13.1. The van der Waals surface area contributed by atoms with Gasteiger partial charge in [-0.3, -0.25) is 0 Å². The lowest BCUT2D eigenvalue weighted by Gasteiger charge is -2.40. The van der Waals surface area contributed by atoms with Crippen molar-refractivity contribution in [2.24, 2.45) is 0 Å². The Bertz CT molecular complexity index is 2890. The van der Waals surface area contributed by atoms with E-state index in [2.05, 4.69) is 157 Å². The molecule has 0 N–H and O–H groups in total. The standard InChI is InChI=1S/C52H33N3S/c1-3-15-35(16-4-1)49-50(54-55-51(53-49)37-17-5-2-6-18-37)36-29-27-34(28-30-36)39-19-7-8-20-40(39)38-31-32-48-46(33-38)52(45-25-13-14-26-47(45)56-48)43-23-11-9-21-41(43)42-22-10-12-24-44(42)52/h1-33H. The van der Waals surface area contributed by atoms with E-state index in [0.29, 0.717) is 5.82 Å². The van der Waals surface area contributed by atoms with Crippen LogP contribution < -0.4 is 0 Å². The van der Waals surface area contributed by atoms with Gasteiger partial charge in [0.25, 0.3) is 0 Å². The summed E-state index contributed by atoms with van der Waals surface area (Å²) in [6.07, 6.45) is 0. The predicted octanol–water partition coefficient (Wildman–Crippen LogP) is 13.0. The zero-order valence-electron chi connectivity index (χ0n) is 30.3. The van der Waals surface area contributed by atoms with Crippen molar-refractivity contribution in [1.29, 1.82) is 0 Å². The average molecular weight is 732 g/mol. The Morgan fingerprint density at radius 3 is 1.48 bits per heavy atom. The largest absolute Gasteiger partial charge is 0.224 e. The molecule has 0 fully saturated rings. The van der Waals surface area contributed by atoms with E-state index < -0.39 is 5.41 Å². The number of nitrogens with zero attached hydrogens (tertiary/aromatic N) is 3. The summed E-state index contributed by atoms with van der Waals surface area (Å²) in [5.41, 5.74) is 16.8. The molecule has 8 aromatic carbocycles. The second kappa shape index (κ2) is 13.2. The molecular formula is C52H33N3S. The first-order valence-corrected chi connectivity index (χ1v) is 19.8. The van der Waals surface area contributed by atoms with Crippen LogP contribution in [-0.2, 0) is 5.41 Å². The molecule has 0 saturated heterocycles. The molecule has 1 aromatic heterocycles. The van der Waals surface area contributed by atoms with Gasteiger partial charge < -0.3 is 0 Å². The highest BCUT2D eigenvalue weighted by Gasteiger charge is 2.50. The fourth-order valence-electron chi connectivity index (χ4n) is 8.85. The third-order valence-electron chi connectivity index (χ3n) is 11.3. The fourth-order valence-corrected chi connectivity index (χ4v) is 10.0. The summed E-state index contributed by atoms with van der Waals surface area (Å²) in [7, 11) is 0. The number of aromatic nitrogens is 3. The van der Waals surface area contributed by atoms with Crippen LogP contribution in [0.25, 0.3) is 67.3 Å². The maximum Gasteiger partial charge on any atom is 0.182 e. The van der Waals surface area contributed by atoms with E-state index in [4.69, 9.17) is 10.1 Å². The third kappa shape index (κ3) is 5.03. The molecule has 0 amide bonds. The van der Waals surface area contributed by atoms with Crippen molar-refractivity contribution < 1.29 is 0 Å². The highest BCUT2D eigenvalue weighted by molar-refractivity contribution is 7.99. The zero-order valence-corrected chi connectivity index (χ0v) is 31.1. The Kier molecular flexibility index (Phi) is 7.64. The third-order valence-corrected chi connectivity index (χ3v) is 12.5. The van der Waals surface area contributed by atoms with Crippen molar-refractivity contribution in [1.82, 2.24) is 15.2 Å². The topological polar surface area (TPSA) is 38.7 Å². The molecule has 1 aliphatic heterocycles. The van der Waals surface area contributed by atoms with Gasteiger partial charge in [-0.05, 0) is 73.8 Å². The maximum absolute atomic E-state index is 5.06. The van der Waals surface area contributed by atoms with Crippen LogP contribution in [0.2, 0.25) is 0 Å². The van der Waals surface area contributed by atoms with Crippen LogP contribution >= 0.6 is 11.8 Å². The second-order valence-corrected chi connectivity index (χ2v) is 15.4. The molecule has 9 aromatic rings. The summed E-state index contributed by atoms with van der Waals surface area (Å²) < 4.78 is 0. The number of hydrogen-bond acceptors (Lipinski definition) is 4. The van der Waals surface area contributed by atoms with Gasteiger partial charge in [0.15, 0.2) is 5.82 Å². The minimum Gasteiger partial charge on any atom is -0.224 e. The fraction of sp³-hybridized carbons (Fsp3) is 0.0192. The number of benzene rings is 8. The molecule has 4 heteroatoms. The summed E-state index contributed by atoms with van der Waals surface area (Å²) in [6, 6.07) is 71.8. The van der Waals surface area contributed by atoms with Crippen molar-refractivity contribution in [2.45, 2.75) is 15.2 Å². The van der Waals surface area contributed by atoms with Gasteiger partial charge in [0.2, 0.25) is 0 Å². The highest BCUT2D eigenvalue weighted by Crippen LogP contribution is 2.62. The predicted molar refractivity (Wildman–Crippen MR) is 228 cm³/mol. The van der Waals surface area contributed by atoms with Crippen LogP contribution in [0.4, 0.5) is 0 Å². The second-order valence-electron chi connectivity index (χ2n) is 14.3. The lowest BCUT2D eigenvalue weighted by Crippen LogP contribution is -2.32. The van der Waals surface area contributed by atoms with Gasteiger partial charge in [0.05, 0.1) is 5.41 Å². The lowest BCUT2D eigenvalue weighted by molar-refractivity contribution is 0.723. The van der Waals surface area contributed by atoms with Crippen molar-refractivity contribution in [3.05, 3.63) is 222 Å². The first-order valence-electron chi connectivity index (χ1n) is 18.9. The van der Waals surface area contributed by atoms with E-state index in [-0.39, 0.29) is 0 Å². The molecule has 0 atom stereocenters. The van der Waals surface area contributed by atoms with Gasteiger partial charge in [0, 0.05) is 26.5 Å². The molecule has 2 aliphatic rings. The number of hydrogen-bond donors (Lipinski definition) is 0. The van der Waals surface area contributed by atoms with Gasteiger partial charge in [-0.2, -0.15) is 0 Å². The number of rotatable bonds is 5. The monoisotopic (exact) mass is 731 g/mol. The van der Waals surface area contributed by atoms with Crippen LogP contribution in [-0.4, -0.2) is 15.2 Å². The minimum absolute atomic E-state index is 0.418. The van der Waals surface area contributed by atoms with Crippen molar-refractivity contribution in [3.8, 4) is 67.3 Å². The summed E-state index contributed by atoms with van der Waals surface area (Å²) in [4.78, 5) is 7.66.